The Bertz CT molecular complexity index is 348. The molecule has 4 nitrogen and oxygen atoms in total. The standard InChI is InChI=1S/C13H19NO3/c1-2-11(4-3-5-13(15)16)17-12-8-6-10(14)7-9-12/h6-9,11H,2-5,14H2,1H3,(H,15,16). The van der Waals surface area contributed by atoms with Crippen molar-refractivity contribution < 1.29 is 14.6 Å². The summed E-state index contributed by atoms with van der Waals surface area (Å²) >= 11 is 0. The highest BCUT2D eigenvalue weighted by atomic mass is 16.5. The maximum Gasteiger partial charge on any atom is 0.303 e. The fourth-order valence-electron chi connectivity index (χ4n) is 1.57. The van der Waals surface area contributed by atoms with Crippen LogP contribution in [0.2, 0.25) is 0 Å². The zero-order valence-electron chi connectivity index (χ0n) is 10.1. The molecular weight excluding hydrogens is 218 g/mol. The van der Waals surface area contributed by atoms with Crippen LogP contribution in [0.15, 0.2) is 24.3 Å². The molecule has 1 aromatic carbocycles. The maximum absolute atomic E-state index is 10.4. The zero-order valence-corrected chi connectivity index (χ0v) is 10.1. The monoisotopic (exact) mass is 237 g/mol. The van der Waals surface area contributed by atoms with Crippen LogP contribution in [-0.2, 0) is 4.79 Å². The number of anilines is 1. The fourth-order valence-corrected chi connectivity index (χ4v) is 1.57. The van der Waals surface area contributed by atoms with Gasteiger partial charge in [0.2, 0.25) is 0 Å². The van der Waals surface area contributed by atoms with E-state index in [1.54, 1.807) is 12.1 Å². The van der Waals surface area contributed by atoms with Crippen LogP contribution in [0.3, 0.4) is 0 Å². The first-order valence-corrected chi connectivity index (χ1v) is 5.85. The first-order chi connectivity index (χ1) is 8.11. The van der Waals surface area contributed by atoms with Crippen molar-refractivity contribution in [3.05, 3.63) is 24.3 Å². The van der Waals surface area contributed by atoms with Gasteiger partial charge in [-0.15, -0.1) is 0 Å². The number of hydrogen-bond acceptors (Lipinski definition) is 3. The van der Waals surface area contributed by atoms with Gasteiger partial charge in [0, 0.05) is 12.1 Å². The number of nitrogen functional groups attached to an aromatic ring is 1. The van der Waals surface area contributed by atoms with E-state index in [0.29, 0.717) is 12.1 Å². The number of rotatable bonds is 7. The highest BCUT2D eigenvalue weighted by molar-refractivity contribution is 5.66. The summed E-state index contributed by atoms with van der Waals surface area (Å²) in [6.07, 6.45) is 2.53. The predicted octanol–water partition coefficient (Wildman–Crippen LogP) is 2.68. The van der Waals surface area contributed by atoms with Gasteiger partial charge < -0.3 is 15.6 Å². The molecule has 0 amide bonds. The molecule has 0 heterocycles. The third-order valence-electron chi connectivity index (χ3n) is 2.55. The normalized spacial score (nSPS) is 12.1. The van der Waals surface area contributed by atoms with Crippen LogP contribution >= 0.6 is 0 Å². The van der Waals surface area contributed by atoms with E-state index in [4.69, 9.17) is 15.6 Å². The third kappa shape index (κ3) is 5.24. The second-order valence-corrected chi connectivity index (χ2v) is 4.00. The molecule has 1 aromatic rings. The van der Waals surface area contributed by atoms with Crippen molar-refractivity contribution in [1.82, 2.24) is 0 Å². The smallest absolute Gasteiger partial charge is 0.303 e. The van der Waals surface area contributed by atoms with E-state index in [-0.39, 0.29) is 12.5 Å². The molecule has 0 bridgehead atoms. The molecule has 0 aliphatic carbocycles. The molecule has 0 saturated carbocycles. The van der Waals surface area contributed by atoms with Crippen LogP contribution in [0.5, 0.6) is 5.75 Å². The molecule has 0 radical (unpaired) electrons. The van der Waals surface area contributed by atoms with Crippen molar-refractivity contribution >= 4 is 11.7 Å². The summed E-state index contributed by atoms with van der Waals surface area (Å²) in [4.78, 5) is 10.4. The molecule has 94 valence electrons. The van der Waals surface area contributed by atoms with Crippen LogP contribution in [0, 0.1) is 0 Å². The average molecular weight is 237 g/mol. The van der Waals surface area contributed by atoms with Crippen LogP contribution in [0.25, 0.3) is 0 Å². The van der Waals surface area contributed by atoms with Crippen LogP contribution in [0.1, 0.15) is 32.6 Å². The lowest BCUT2D eigenvalue weighted by Gasteiger charge is -2.17. The number of benzene rings is 1. The van der Waals surface area contributed by atoms with Gasteiger partial charge in [0.15, 0.2) is 0 Å². The first-order valence-electron chi connectivity index (χ1n) is 5.85. The van der Waals surface area contributed by atoms with Gasteiger partial charge in [-0.2, -0.15) is 0 Å². The Balaban J connectivity index is 2.40. The predicted molar refractivity (Wildman–Crippen MR) is 67.0 cm³/mol. The van der Waals surface area contributed by atoms with E-state index in [9.17, 15) is 4.79 Å². The molecule has 4 heteroatoms. The molecule has 1 unspecified atom stereocenters. The number of carboxylic acids is 1. The Labute approximate surface area is 101 Å². The molecule has 0 spiro atoms. The quantitative estimate of drug-likeness (QED) is 0.715. The number of carbonyl (C=O) groups is 1. The number of aliphatic carboxylic acids is 1. The van der Waals surface area contributed by atoms with Crippen LogP contribution in [-0.4, -0.2) is 17.2 Å². The van der Waals surface area contributed by atoms with Crippen molar-refractivity contribution in [2.24, 2.45) is 0 Å². The molecule has 1 rings (SSSR count). The van der Waals surface area contributed by atoms with Crippen molar-refractivity contribution in [3.8, 4) is 5.75 Å². The molecule has 0 aliphatic heterocycles. The molecule has 1 atom stereocenters. The Hall–Kier alpha value is -1.71. The van der Waals surface area contributed by atoms with Crippen molar-refractivity contribution in [3.63, 3.8) is 0 Å². The summed E-state index contributed by atoms with van der Waals surface area (Å²) < 4.78 is 5.75. The molecule has 0 saturated heterocycles. The SMILES string of the molecule is CCC(CCCC(=O)O)Oc1ccc(N)cc1. The van der Waals surface area contributed by atoms with E-state index in [1.165, 1.54) is 0 Å². The highest BCUT2D eigenvalue weighted by Gasteiger charge is 2.09. The van der Waals surface area contributed by atoms with Crippen molar-refractivity contribution in [2.45, 2.75) is 38.7 Å². The first kappa shape index (κ1) is 13.4. The lowest BCUT2D eigenvalue weighted by atomic mass is 10.1. The van der Waals surface area contributed by atoms with E-state index < -0.39 is 5.97 Å². The number of hydrogen-bond donors (Lipinski definition) is 2. The minimum Gasteiger partial charge on any atom is -0.490 e. The number of nitrogens with two attached hydrogens (primary N) is 1. The summed E-state index contributed by atoms with van der Waals surface area (Å²) in [6, 6.07) is 7.24. The molecule has 0 fully saturated rings. The van der Waals surface area contributed by atoms with E-state index in [0.717, 1.165) is 18.6 Å². The van der Waals surface area contributed by atoms with Gasteiger partial charge in [-0.3, -0.25) is 4.79 Å². The summed E-state index contributed by atoms with van der Waals surface area (Å²) in [7, 11) is 0. The lowest BCUT2D eigenvalue weighted by Crippen LogP contribution is -2.15. The van der Waals surface area contributed by atoms with E-state index in [2.05, 4.69) is 0 Å². The molecule has 3 N–H and O–H groups in total. The maximum atomic E-state index is 10.4. The topological polar surface area (TPSA) is 72.5 Å². The van der Waals surface area contributed by atoms with Crippen LogP contribution < -0.4 is 10.5 Å². The van der Waals surface area contributed by atoms with Gasteiger partial charge in [0.25, 0.3) is 0 Å². The molecular formula is C13H19NO3. The third-order valence-corrected chi connectivity index (χ3v) is 2.55. The Morgan fingerprint density at radius 3 is 2.59 bits per heavy atom. The molecule has 17 heavy (non-hydrogen) atoms. The highest BCUT2D eigenvalue weighted by Crippen LogP contribution is 2.18. The molecule has 0 aromatic heterocycles. The van der Waals surface area contributed by atoms with Gasteiger partial charge in [-0.05, 0) is 43.5 Å². The lowest BCUT2D eigenvalue weighted by molar-refractivity contribution is -0.137. The summed E-state index contributed by atoms with van der Waals surface area (Å²) in [5.41, 5.74) is 6.29. The van der Waals surface area contributed by atoms with Crippen molar-refractivity contribution in [2.75, 3.05) is 5.73 Å². The summed E-state index contributed by atoms with van der Waals surface area (Å²) in [5.74, 6) is 0.0220. The minimum atomic E-state index is -0.757. The van der Waals surface area contributed by atoms with Gasteiger partial charge in [0.05, 0.1) is 6.10 Å². The second-order valence-electron chi connectivity index (χ2n) is 4.00. The zero-order chi connectivity index (χ0) is 12.7. The number of ether oxygens (including phenoxy) is 1. The second kappa shape index (κ2) is 6.78. The van der Waals surface area contributed by atoms with Gasteiger partial charge in [-0.25, -0.2) is 0 Å². The van der Waals surface area contributed by atoms with Gasteiger partial charge in [0.1, 0.15) is 5.75 Å². The van der Waals surface area contributed by atoms with Gasteiger partial charge >= 0.3 is 5.97 Å². The Kier molecular flexibility index (Phi) is 5.33. The van der Waals surface area contributed by atoms with Crippen LogP contribution in [0.4, 0.5) is 5.69 Å². The van der Waals surface area contributed by atoms with E-state index >= 15 is 0 Å². The molecule has 0 aliphatic rings. The van der Waals surface area contributed by atoms with E-state index in [1.807, 2.05) is 19.1 Å². The summed E-state index contributed by atoms with van der Waals surface area (Å²) in [6.45, 7) is 2.03. The van der Waals surface area contributed by atoms with Crippen molar-refractivity contribution in [1.29, 1.82) is 0 Å². The Morgan fingerprint density at radius 2 is 2.06 bits per heavy atom. The number of carboxylic acid groups (broad SMARTS) is 1. The average Bonchev–Trinajstić information content (AvgIpc) is 2.30. The Morgan fingerprint density at radius 1 is 1.41 bits per heavy atom. The summed E-state index contributed by atoms with van der Waals surface area (Å²) in [5, 5.41) is 8.56. The largest absolute Gasteiger partial charge is 0.490 e. The fraction of sp³-hybridized carbons (Fsp3) is 0.462. The minimum absolute atomic E-state index is 0.0676. The van der Waals surface area contributed by atoms with Gasteiger partial charge in [-0.1, -0.05) is 6.92 Å².